The number of aromatic nitrogens is 2. The zero-order chi connectivity index (χ0) is 15.7. The Labute approximate surface area is 134 Å². The van der Waals surface area contributed by atoms with E-state index in [1.54, 1.807) is 10.9 Å². The van der Waals surface area contributed by atoms with Gasteiger partial charge in [0.15, 0.2) is 0 Å². The van der Waals surface area contributed by atoms with E-state index in [1.807, 2.05) is 36.1 Å². The molecular weight excluding hydrogens is 300 g/mol. The van der Waals surface area contributed by atoms with E-state index < -0.39 is 0 Å². The van der Waals surface area contributed by atoms with Crippen LogP contribution >= 0.6 is 11.6 Å². The van der Waals surface area contributed by atoms with Gasteiger partial charge in [0.2, 0.25) is 0 Å². The minimum absolute atomic E-state index is 0.0121. The quantitative estimate of drug-likeness (QED) is 0.944. The Balaban J connectivity index is 1.95. The molecule has 1 aliphatic heterocycles. The fourth-order valence-corrected chi connectivity index (χ4v) is 3.05. The summed E-state index contributed by atoms with van der Waals surface area (Å²) in [6.07, 6.45) is 3.22. The third-order valence-electron chi connectivity index (χ3n) is 4.00. The van der Waals surface area contributed by atoms with Gasteiger partial charge in [-0.05, 0) is 31.0 Å². The van der Waals surface area contributed by atoms with Crippen LogP contribution in [0.2, 0.25) is 5.02 Å². The fraction of sp³-hybridized carbons (Fsp3) is 0.375. The van der Waals surface area contributed by atoms with Gasteiger partial charge in [0.1, 0.15) is 0 Å². The monoisotopic (exact) mass is 318 g/mol. The Morgan fingerprint density at radius 2 is 2.32 bits per heavy atom. The molecule has 0 bridgehead atoms. The van der Waals surface area contributed by atoms with Gasteiger partial charge in [0.05, 0.1) is 23.1 Å². The lowest BCUT2D eigenvalue weighted by Crippen LogP contribution is -2.32. The molecule has 0 saturated carbocycles. The van der Waals surface area contributed by atoms with Gasteiger partial charge >= 0.3 is 0 Å². The van der Waals surface area contributed by atoms with Gasteiger partial charge < -0.3 is 10.6 Å². The Morgan fingerprint density at radius 3 is 2.95 bits per heavy atom. The van der Waals surface area contributed by atoms with E-state index in [0.29, 0.717) is 30.1 Å². The molecule has 2 aromatic rings. The summed E-state index contributed by atoms with van der Waals surface area (Å²) in [4.78, 5) is 14.5. The molecule has 6 heteroatoms. The molecule has 1 amide bonds. The Hall–Kier alpha value is -1.85. The van der Waals surface area contributed by atoms with E-state index in [1.165, 1.54) is 0 Å². The first kappa shape index (κ1) is 15.1. The van der Waals surface area contributed by atoms with E-state index in [2.05, 4.69) is 5.10 Å². The van der Waals surface area contributed by atoms with Crippen molar-refractivity contribution in [2.75, 3.05) is 13.1 Å². The van der Waals surface area contributed by atoms with Gasteiger partial charge in [-0.1, -0.05) is 24.6 Å². The number of halogens is 1. The van der Waals surface area contributed by atoms with Crippen molar-refractivity contribution in [3.05, 3.63) is 46.7 Å². The highest BCUT2D eigenvalue weighted by molar-refractivity contribution is 6.30. The Kier molecular flexibility index (Phi) is 4.18. The van der Waals surface area contributed by atoms with Gasteiger partial charge in [0, 0.05) is 24.2 Å². The van der Waals surface area contributed by atoms with Crippen LogP contribution in [0.1, 0.15) is 29.4 Å². The zero-order valence-electron chi connectivity index (χ0n) is 12.5. The summed E-state index contributed by atoms with van der Waals surface area (Å²) in [5, 5.41) is 5.04. The number of hydrogen-bond acceptors (Lipinski definition) is 3. The molecule has 2 N–H and O–H groups in total. The van der Waals surface area contributed by atoms with Crippen LogP contribution in [0, 0.1) is 0 Å². The standard InChI is InChI=1S/C16H19ClN4O/c1-2-15-14(16(22)20-7-6-12(18)10-20)9-19-21(15)13-5-3-4-11(17)8-13/h3-5,8-9,12H,2,6-7,10,18H2,1H3/t12-/m1/s1. The molecule has 0 unspecified atom stereocenters. The van der Waals surface area contributed by atoms with E-state index in [4.69, 9.17) is 17.3 Å². The molecule has 22 heavy (non-hydrogen) atoms. The van der Waals surface area contributed by atoms with Crippen molar-refractivity contribution in [3.63, 3.8) is 0 Å². The maximum absolute atomic E-state index is 12.7. The predicted octanol–water partition coefficient (Wildman–Crippen LogP) is 2.26. The smallest absolute Gasteiger partial charge is 0.257 e. The first-order valence-corrected chi connectivity index (χ1v) is 7.85. The van der Waals surface area contributed by atoms with Crippen LogP contribution in [0.5, 0.6) is 0 Å². The highest BCUT2D eigenvalue weighted by Gasteiger charge is 2.27. The SMILES string of the molecule is CCc1c(C(=O)N2CC[C@@H](N)C2)cnn1-c1cccc(Cl)c1. The second-order valence-corrected chi connectivity index (χ2v) is 5.99. The van der Waals surface area contributed by atoms with Crippen LogP contribution in [0.4, 0.5) is 0 Å². The number of carbonyl (C=O) groups is 1. The molecule has 116 valence electrons. The van der Waals surface area contributed by atoms with Crippen molar-refractivity contribution in [3.8, 4) is 5.69 Å². The van der Waals surface area contributed by atoms with Gasteiger partial charge in [-0.2, -0.15) is 5.10 Å². The number of benzene rings is 1. The number of carbonyl (C=O) groups excluding carboxylic acids is 1. The number of nitrogens with zero attached hydrogens (tertiary/aromatic N) is 3. The Morgan fingerprint density at radius 1 is 1.50 bits per heavy atom. The van der Waals surface area contributed by atoms with Gasteiger partial charge in [-0.3, -0.25) is 4.79 Å². The van der Waals surface area contributed by atoms with Crippen molar-refractivity contribution >= 4 is 17.5 Å². The predicted molar refractivity (Wildman–Crippen MR) is 86.4 cm³/mol. The first-order valence-electron chi connectivity index (χ1n) is 7.48. The molecule has 1 fully saturated rings. The molecule has 0 aliphatic carbocycles. The van der Waals surface area contributed by atoms with Crippen LogP contribution in [0.15, 0.2) is 30.5 Å². The van der Waals surface area contributed by atoms with Gasteiger partial charge in [-0.15, -0.1) is 0 Å². The van der Waals surface area contributed by atoms with Crippen molar-refractivity contribution in [2.24, 2.45) is 5.73 Å². The Bertz CT molecular complexity index is 697. The molecule has 0 radical (unpaired) electrons. The largest absolute Gasteiger partial charge is 0.337 e. The summed E-state index contributed by atoms with van der Waals surface area (Å²) in [5.41, 5.74) is 8.30. The number of nitrogens with two attached hydrogens (primary N) is 1. The minimum atomic E-state index is 0.0121. The molecule has 5 nitrogen and oxygen atoms in total. The highest BCUT2D eigenvalue weighted by atomic mass is 35.5. The van der Waals surface area contributed by atoms with Crippen molar-refractivity contribution in [1.82, 2.24) is 14.7 Å². The average molecular weight is 319 g/mol. The van der Waals surface area contributed by atoms with Gasteiger partial charge in [-0.25, -0.2) is 4.68 Å². The molecular formula is C16H19ClN4O. The topological polar surface area (TPSA) is 64.2 Å². The van der Waals surface area contributed by atoms with E-state index in [-0.39, 0.29) is 11.9 Å². The summed E-state index contributed by atoms with van der Waals surface area (Å²) < 4.78 is 1.79. The molecule has 1 aromatic heterocycles. The minimum Gasteiger partial charge on any atom is -0.337 e. The summed E-state index contributed by atoms with van der Waals surface area (Å²) in [7, 11) is 0. The molecule has 1 aliphatic rings. The molecule has 2 heterocycles. The summed E-state index contributed by atoms with van der Waals surface area (Å²) in [6, 6.07) is 7.54. The lowest BCUT2D eigenvalue weighted by molar-refractivity contribution is 0.0790. The summed E-state index contributed by atoms with van der Waals surface area (Å²) >= 11 is 6.05. The third-order valence-corrected chi connectivity index (χ3v) is 4.23. The molecule has 1 saturated heterocycles. The normalized spacial score (nSPS) is 18.0. The molecule has 3 rings (SSSR count). The molecule has 1 atom stereocenters. The van der Waals surface area contributed by atoms with Crippen LogP contribution < -0.4 is 5.73 Å². The van der Waals surface area contributed by atoms with Crippen molar-refractivity contribution in [1.29, 1.82) is 0 Å². The van der Waals surface area contributed by atoms with Crippen molar-refractivity contribution in [2.45, 2.75) is 25.8 Å². The second-order valence-electron chi connectivity index (χ2n) is 5.55. The maximum atomic E-state index is 12.7. The fourth-order valence-electron chi connectivity index (χ4n) is 2.87. The number of amides is 1. The van der Waals surface area contributed by atoms with E-state index in [9.17, 15) is 4.79 Å². The van der Waals surface area contributed by atoms with Crippen LogP contribution in [-0.2, 0) is 6.42 Å². The van der Waals surface area contributed by atoms with E-state index in [0.717, 1.165) is 17.8 Å². The lowest BCUT2D eigenvalue weighted by Gasteiger charge is -2.16. The van der Waals surface area contributed by atoms with Gasteiger partial charge in [0.25, 0.3) is 5.91 Å². The number of likely N-dealkylation sites (tertiary alicyclic amines) is 1. The zero-order valence-corrected chi connectivity index (χ0v) is 13.3. The first-order chi connectivity index (χ1) is 10.6. The molecule has 0 spiro atoms. The average Bonchev–Trinajstić information content (AvgIpc) is 3.12. The number of hydrogen-bond donors (Lipinski definition) is 1. The van der Waals surface area contributed by atoms with Crippen LogP contribution in [0.25, 0.3) is 5.69 Å². The number of rotatable bonds is 3. The lowest BCUT2D eigenvalue weighted by atomic mass is 10.1. The molecule has 1 aromatic carbocycles. The summed E-state index contributed by atoms with van der Waals surface area (Å²) in [6.45, 7) is 3.35. The maximum Gasteiger partial charge on any atom is 0.257 e. The van der Waals surface area contributed by atoms with Crippen molar-refractivity contribution < 1.29 is 4.79 Å². The summed E-state index contributed by atoms with van der Waals surface area (Å²) in [5.74, 6) is 0.0121. The highest BCUT2D eigenvalue weighted by Crippen LogP contribution is 2.21. The second kappa shape index (κ2) is 6.10. The van der Waals surface area contributed by atoms with E-state index >= 15 is 0 Å². The van der Waals surface area contributed by atoms with Crippen LogP contribution in [0.3, 0.4) is 0 Å². The van der Waals surface area contributed by atoms with Crippen LogP contribution in [-0.4, -0.2) is 39.7 Å². The third kappa shape index (κ3) is 2.74.